The number of rotatable bonds is 1. The SMILES string of the molecule is CC(=O)N1COCCC1C(=O)O. The summed E-state index contributed by atoms with van der Waals surface area (Å²) in [5.41, 5.74) is 0. The average Bonchev–Trinajstić information content (AvgIpc) is 2.04. The molecule has 1 saturated heterocycles. The van der Waals surface area contributed by atoms with Crippen LogP contribution in [0.3, 0.4) is 0 Å². The summed E-state index contributed by atoms with van der Waals surface area (Å²) in [6.45, 7) is 1.83. The molecule has 1 N–H and O–H groups in total. The molecule has 12 heavy (non-hydrogen) atoms. The van der Waals surface area contributed by atoms with Crippen LogP contribution in [0.25, 0.3) is 0 Å². The molecule has 1 atom stereocenters. The molecule has 0 aromatic carbocycles. The molecule has 0 aromatic rings. The summed E-state index contributed by atoms with van der Waals surface area (Å²) in [5, 5.41) is 8.71. The number of hydrogen-bond acceptors (Lipinski definition) is 3. The maximum absolute atomic E-state index is 10.9. The topological polar surface area (TPSA) is 66.8 Å². The van der Waals surface area contributed by atoms with Crippen LogP contribution in [-0.4, -0.2) is 41.3 Å². The molecule has 0 bridgehead atoms. The van der Waals surface area contributed by atoms with Gasteiger partial charge < -0.3 is 14.7 Å². The van der Waals surface area contributed by atoms with Crippen LogP contribution in [0.2, 0.25) is 0 Å². The molecule has 0 aromatic heterocycles. The third kappa shape index (κ3) is 1.73. The van der Waals surface area contributed by atoms with E-state index in [2.05, 4.69) is 0 Å². The highest BCUT2D eigenvalue weighted by molar-refractivity contribution is 5.82. The van der Waals surface area contributed by atoms with E-state index >= 15 is 0 Å². The summed E-state index contributed by atoms with van der Waals surface area (Å²) in [6.07, 6.45) is 0.370. The van der Waals surface area contributed by atoms with Gasteiger partial charge in [-0.05, 0) is 0 Å². The molecule has 1 aliphatic heterocycles. The Bertz CT molecular complexity index is 182. The van der Waals surface area contributed by atoms with Gasteiger partial charge in [-0.15, -0.1) is 0 Å². The molecule has 1 fully saturated rings. The molecule has 1 unspecified atom stereocenters. The predicted octanol–water partition coefficient (Wildman–Crippen LogP) is -0.334. The van der Waals surface area contributed by atoms with Gasteiger partial charge in [-0.2, -0.15) is 0 Å². The van der Waals surface area contributed by atoms with Gasteiger partial charge in [0.15, 0.2) is 0 Å². The standard InChI is InChI=1S/C7H11NO4/c1-5(9)8-4-12-3-2-6(8)7(10)11/h6H,2-4H2,1H3,(H,10,11). The second kappa shape index (κ2) is 3.53. The van der Waals surface area contributed by atoms with E-state index in [9.17, 15) is 9.59 Å². The first-order chi connectivity index (χ1) is 5.63. The normalized spacial score (nSPS) is 23.8. The van der Waals surface area contributed by atoms with Crippen LogP contribution < -0.4 is 0 Å². The highest BCUT2D eigenvalue weighted by atomic mass is 16.5. The zero-order chi connectivity index (χ0) is 9.14. The smallest absolute Gasteiger partial charge is 0.326 e. The van der Waals surface area contributed by atoms with Gasteiger partial charge in [0, 0.05) is 13.3 Å². The lowest BCUT2D eigenvalue weighted by Crippen LogP contribution is -2.49. The second-order valence-electron chi connectivity index (χ2n) is 2.67. The maximum Gasteiger partial charge on any atom is 0.326 e. The maximum atomic E-state index is 10.9. The first-order valence-corrected chi connectivity index (χ1v) is 3.70. The van der Waals surface area contributed by atoms with Crippen molar-refractivity contribution >= 4 is 11.9 Å². The van der Waals surface area contributed by atoms with Gasteiger partial charge in [0.05, 0.1) is 6.61 Å². The lowest BCUT2D eigenvalue weighted by Gasteiger charge is -2.31. The van der Waals surface area contributed by atoms with Gasteiger partial charge in [0.25, 0.3) is 0 Å². The van der Waals surface area contributed by atoms with E-state index in [1.807, 2.05) is 0 Å². The predicted molar refractivity (Wildman–Crippen MR) is 39.4 cm³/mol. The third-order valence-electron chi connectivity index (χ3n) is 1.83. The Balaban J connectivity index is 2.67. The first-order valence-electron chi connectivity index (χ1n) is 3.70. The van der Waals surface area contributed by atoms with E-state index in [0.29, 0.717) is 13.0 Å². The number of carboxylic acid groups (broad SMARTS) is 1. The number of carbonyl (C=O) groups excluding carboxylic acids is 1. The minimum Gasteiger partial charge on any atom is -0.480 e. The van der Waals surface area contributed by atoms with Crippen molar-refractivity contribution in [3.05, 3.63) is 0 Å². The van der Waals surface area contributed by atoms with Crippen molar-refractivity contribution < 1.29 is 19.4 Å². The fourth-order valence-corrected chi connectivity index (χ4v) is 1.17. The Labute approximate surface area is 69.9 Å². The third-order valence-corrected chi connectivity index (χ3v) is 1.83. The van der Waals surface area contributed by atoms with Crippen molar-refractivity contribution in [2.75, 3.05) is 13.3 Å². The van der Waals surface area contributed by atoms with Gasteiger partial charge in [0.1, 0.15) is 12.8 Å². The Morgan fingerprint density at radius 2 is 2.25 bits per heavy atom. The fraction of sp³-hybridized carbons (Fsp3) is 0.714. The van der Waals surface area contributed by atoms with Crippen LogP contribution in [0.5, 0.6) is 0 Å². The zero-order valence-corrected chi connectivity index (χ0v) is 6.82. The van der Waals surface area contributed by atoms with Crippen LogP contribution in [0.1, 0.15) is 13.3 Å². The quantitative estimate of drug-likeness (QED) is 0.589. The van der Waals surface area contributed by atoms with Crippen molar-refractivity contribution in [2.24, 2.45) is 0 Å². The Morgan fingerprint density at radius 1 is 1.58 bits per heavy atom. The van der Waals surface area contributed by atoms with Crippen molar-refractivity contribution in [3.63, 3.8) is 0 Å². The van der Waals surface area contributed by atoms with E-state index in [-0.39, 0.29) is 12.6 Å². The summed E-state index contributed by atoms with van der Waals surface area (Å²) >= 11 is 0. The average molecular weight is 173 g/mol. The summed E-state index contributed by atoms with van der Waals surface area (Å²) in [4.78, 5) is 22.7. The molecule has 1 heterocycles. The summed E-state index contributed by atoms with van der Waals surface area (Å²) in [5.74, 6) is -1.23. The number of aliphatic carboxylic acids is 1. The van der Waals surface area contributed by atoms with Gasteiger partial charge in [-0.25, -0.2) is 4.79 Å². The summed E-state index contributed by atoms with van der Waals surface area (Å²) < 4.78 is 4.97. The van der Waals surface area contributed by atoms with Crippen LogP contribution in [0.4, 0.5) is 0 Å². The van der Waals surface area contributed by atoms with Gasteiger partial charge >= 0.3 is 5.97 Å². The Hall–Kier alpha value is -1.10. The van der Waals surface area contributed by atoms with Crippen molar-refractivity contribution in [1.29, 1.82) is 0 Å². The molecule has 5 nitrogen and oxygen atoms in total. The Morgan fingerprint density at radius 3 is 2.67 bits per heavy atom. The van der Waals surface area contributed by atoms with E-state index < -0.39 is 12.0 Å². The lowest BCUT2D eigenvalue weighted by atomic mass is 10.2. The molecular formula is C7H11NO4. The van der Waals surface area contributed by atoms with Crippen molar-refractivity contribution in [3.8, 4) is 0 Å². The summed E-state index contributed by atoms with van der Waals surface area (Å²) in [6, 6.07) is -0.712. The molecule has 5 heteroatoms. The summed E-state index contributed by atoms with van der Waals surface area (Å²) in [7, 11) is 0. The van der Waals surface area contributed by atoms with Gasteiger partial charge in [-0.1, -0.05) is 0 Å². The van der Waals surface area contributed by atoms with Gasteiger partial charge in [0.2, 0.25) is 5.91 Å². The number of nitrogens with zero attached hydrogens (tertiary/aromatic N) is 1. The van der Waals surface area contributed by atoms with E-state index in [0.717, 1.165) is 0 Å². The molecule has 0 spiro atoms. The monoisotopic (exact) mass is 173 g/mol. The lowest BCUT2D eigenvalue weighted by molar-refractivity contribution is -0.161. The van der Waals surface area contributed by atoms with Crippen LogP contribution in [0, 0.1) is 0 Å². The van der Waals surface area contributed by atoms with Gasteiger partial charge in [-0.3, -0.25) is 4.79 Å². The van der Waals surface area contributed by atoms with Crippen LogP contribution in [0.15, 0.2) is 0 Å². The van der Waals surface area contributed by atoms with Crippen LogP contribution >= 0.6 is 0 Å². The molecule has 1 rings (SSSR count). The largest absolute Gasteiger partial charge is 0.480 e. The minimum atomic E-state index is -0.964. The molecule has 68 valence electrons. The minimum absolute atomic E-state index is 0.0896. The highest BCUT2D eigenvalue weighted by Crippen LogP contribution is 2.11. The molecular weight excluding hydrogens is 162 g/mol. The molecule has 0 radical (unpaired) electrons. The number of carbonyl (C=O) groups is 2. The molecule has 1 aliphatic rings. The number of carboxylic acids is 1. The van der Waals surface area contributed by atoms with Crippen molar-refractivity contribution in [2.45, 2.75) is 19.4 Å². The second-order valence-corrected chi connectivity index (χ2v) is 2.67. The number of hydrogen-bond donors (Lipinski definition) is 1. The molecule has 0 saturated carbocycles. The number of amides is 1. The molecule has 1 amide bonds. The Kier molecular flexibility index (Phi) is 2.65. The van der Waals surface area contributed by atoms with Crippen molar-refractivity contribution in [1.82, 2.24) is 4.90 Å². The first kappa shape index (κ1) is 8.99. The van der Waals surface area contributed by atoms with E-state index in [1.54, 1.807) is 0 Å². The number of ether oxygens (including phenoxy) is 1. The van der Waals surface area contributed by atoms with Crippen LogP contribution in [-0.2, 0) is 14.3 Å². The highest BCUT2D eigenvalue weighted by Gasteiger charge is 2.30. The molecule has 0 aliphatic carbocycles. The van der Waals surface area contributed by atoms with E-state index in [4.69, 9.17) is 9.84 Å². The fourth-order valence-electron chi connectivity index (χ4n) is 1.17. The van der Waals surface area contributed by atoms with E-state index in [1.165, 1.54) is 11.8 Å². The zero-order valence-electron chi connectivity index (χ0n) is 6.82.